The van der Waals surface area contributed by atoms with Crippen LogP contribution < -0.4 is 16.2 Å². The van der Waals surface area contributed by atoms with Gasteiger partial charge in [-0.05, 0) is 48.9 Å². The number of nitrogens with one attached hydrogen (secondary N) is 3. The minimum Gasteiger partial charge on any atom is -0.383 e. The fraction of sp³-hybridized carbons (Fsp3) is 0.368. The average molecular weight is 402 g/mol. The van der Waals surface area contributed by atoms with Gasteiger partial charge in [-0.3, -0.25) is 30.6 Å². The molecule has 1 aliphatic carbocycles. The average Bonchev–Trinajstić information content (AvgIpc) is 3.14. The topological polar surface area (TPSA) is 113 Å². The van der Waals surface area contributed by atoms with Crippen LogP contribution in [0.5, 0.6) is 0 Å². The summed E-state index contributed by atoms with van der Waals surface area (Å²) in [5.41, 5.74) is 6.12. The summed E-state index contributed by atoms with van der Waals surface area (Å²) in [5, 5.41) is 13.8. The largest absolute Gasteiger partial charge is 0.383 e. The Morgan fingerprint density at radius 2 is 2.00 bits per heavy atom. The third-order valence-corrected chi connectivity index (χ3v) is 6.24. The first-order valence-electron chi connectivity index (χ1n) is 9.11. The van der Waals surface area contributed by atoms with E-state index in [4.69, 9.17) is 0 Å². The monoisotopic (exact) mass is 402 g/mol. The molecule has 1 atom stereocenters. The summed E-state index contributed by atoms with van der Waals surface area (Å²) in [6.45, 7) is 2.18. The van der Waals surface area contributed by atoms with Gasteiger partial charge in [-0.15, -0.1) is 11.3 Å². The molecule has 0 saturated carbocycles. The molecule has 1 heterocycles. The minimum absolute atomic E-state index is 0.0854. The van der Waals surface area contributed by atoms with Crippen LogP contribution in [0.3, 0.4) is 0 Å². The van der Waals surface area contributed by atoms with E-state index in [1.807, 2.05) is 6.07 Å². The van der Waals surface area contributed by atoms with Gasteiger partial charge in [-0.1, -0.05) is 13.3 Å². The standard InChI is InChI=1S/C19H22N4O4S/c1-3-11-4-7-16-13(8-11)10-17(28-16)19(25)22-21-18(24)12-5-6-14(20-2)15(9-12)23(26)27/h5-6,9-11,20H,3-4,7-8H2,1-2H3,(H,21,24)(H,22,25)/t11-/m1/s1. The molecule has 3 N–H and O–H groups in total. The zero-order valence-corrected chi connectivity index (χ0v) is 16.5. The van der Waals surface area contributed by atoms with E-state index in [-0.39, 0.29) is 17.2 Å². The molecule has 0 fully saturated rings. The number of aryl methyl sites for hydroxylation is 1. The van der Waals surface area contributed by atoms with Gasteiger partial charge in [0.2, 0.25) is 0 Å². The molecule has 0 unspecified atom stereocenters. The van der Waals surface area contributed by atoms with Gasteiger partial charge in [0.05, 0.1) is 9.80 Å². The molecular weight excluding hydrogens is 380 g/mol. The highest BCUT2D eigenvalue weighted by molar-refractivity contribution is 7.14. The lowest BCUT2D eigenvalue weighted by atomic mass is 9.87. The number of carbonyl (C=O) groups excluding carboxylic acids is 2. The van der Waals surface area contributed by atoms with E-state index in [1.54, 1.807) is 7.05 Å². The van der Waals surface area contributed by atoms with Crippen molar-refractivity contribution in [3.05, 3.63) is 55.3 Å². The van der Waals surface area contributed by atoms with Crippen molar-refractivity contribution in [1.29, 1.82) is 0 Å². The van der Waals surface area contributed by atoms with Crippen LogP contribution in [0, 0.1) is 16.0 Å². The lowest BCUT2D eigenvalue weighted by Crippen LogP contribution is -2.41. The highest BCUT2D eigenvalue weighted by Crippen LogP contribution is 2.33. The van der Waals surface area contributed by atoms with E-state index in [1.165, 1.54) is 40.0 Å². The zero-order chi connectivity index (χ0) is 20.3. The fourth-order valence-corrected chi connectivity index (χ4v) is 4.45. The molecule has 0 aliphatic heterocycles. The van der Waals surface area contributed by atoms with E-state index in [0.29, 0.717) is 16.5 Å². The number of hydrogen-bond acceptors (Lipinski definition) is 6. The zero-order valence-electron chi connectivity index (χ0n) is 15.7. The molecule has 9 heteroatoms. The van der Waals surface area contributed by atoms with Gasteiger partial charge < -0.3 is 5.32 Å². The summed E-state index contributed by atoms with van der Waals surface area (Å²) >= 11 is 1.45. The highest BCUT2D eigenvalue weighted by atomic mass is 32.1. The minimum atomic E-state index is -0.619. The molecule has 0 spiro atoms. The molecule has 0 radical (unpaired) electrons. The van der Waals surface area contributed by atoms with Gasteiger partial charge in [-0.2, -0.15) is 0 Å². The molecule has 1 aromatic heterocycles. The first kappa shape index (κ1) is 19.8. The van der Waals surface area contributed by atoms with Crippen molar-refractivity contribution in [2.75, 3.05) is 12.4 Å². The van der Waals surface area contributed by atoms with E-state index < -0.39 is 10.8 Å². The molecule has 3 rings (SSSR count). The normalized spacial score (nSPS) is 15.4. The van der Waals surface area contributed by atoms with Crippen LogP contribution in [-0.2, 0) is 12.8 Å². The molecule has 2 aromatic rings. The maximum atomic E-state index is 12.4. The lowest BCUT2D eigenvalue weighted by Gasteiger charge is -2.19. The van der Waals surface area contributed by atoms with Crippen molar-refractivity contribution >= 4 is 34.5 Å². The highest BCUT2D eigenvalue weighted by Gasteiger charge is 2.22. The predicted octanol–water partition coefficient (Wildman–Crippen LogP) is 3.29. The van der Waals surface area contributed by atoms with Crippen LogP contribution in [-0.4, -0.2) is 23.8 Å². The van der Waals surface area contributed by atoms with Gasteiger partial charge in [0, 0.05) is 23.6 Å². The quantitative estimate of drug-likeness (QED) is 0.525. The predicted molar refractivity (Wildman–Crippen MR) is 108 cm³/mol. The van der Waals surface area contributed by atoms with E-state index in [2.05, 4.69) is 23.1 Å². The molecule has 0 saturated heterocycles. The first-order valence-corrected chi connectivity index (χ1v) is 9.93. The fourth-order valence-electron chi connectivity index (χ4n) is 3.34. The Morgan fingerprint density at radius 1 is 1.25 bits per heavy atom. The summed E-state index contributed by atoms with van der Waals surface area (Å²) < 4.78 is 0. The SMILES string of the molecule is CC[C@@H]1CCc2sc(C(=O)NNC(=O)c3ccc(NC)c([N+](=O)[O-])c3)cc2C1. The second kappa shape index (κ2) is 8.39. The Morgan fingerprint density at radius 3 is 2.68 bits per heavy atom. The number of nitro groups is 1. The summed E-state index contributed by atoms with van der Waals surface area (Å²) in [7, 11) is 1.56. The number of hydrazine groups is 1. The van der Waals surface area contributed by atoms with E-state index >= 15 is 0 Å². The Bertz CT molecular complexity index is 925. The van der Waals surface area contributed by atoms with Crippen molar-refractivity contribution in [1.82, 2.24) is 10.9 Å². The third kappa shape index (κ3) is 4.14. The second-order valence-corrected chi connectivity index (χ2v) is 7.86. The van der Waals surface area contributed by atoms with Gasteiger partial charge >= 0.3 is 0 Å². The van der Waals surface area contributed by atoms with Crippen LogP contribution in [0.1, 0.15) is 50.2 Å². The number of anilines is 1. The van der Waals surface area contributed by atoms with E-state index in [9.17, 15) is 19.7 Å². The van der Waals surface area contributed by atoms with Crippen LogP contribution in [0.2, 0.25) is 0 Å². The molecular formula is C19H22N4O4S. The number of thiophene rings is 1. The molecule has 1 aromatic carbocycles. The Labute approximate surface area is 166 Å². The maximum absolute atomic E-state index is 12.4. The van der Waals surface area contributed by atoms with Gasteiger partial charge in [0.15, 0.2) is 0 Å². The second-order valence-electron chi connectivity index (χ2n) is 6.72. The number of benzene rings is 1. The number of amides is 2. The van der Waals surface area contributed by atoms with Crippen molar-refractivity contribution < 1.29 is 14.5 Å². The number of rotatable bonds is 5. The molecule has 28 heavy (non-hydrogen) atoms. The van der Waals surface area contributed by atoms with Crippen LogP contribution in [0.15, 0.2) is 24.3 Å². The summed E-state index contributed by atoms with van der Waals surface area (Å²) in [5.74, 6) is -0.345. The number of nitro benzene ring substituents is 1. The van der Waals surface area contributed by atoms with Crippen LogP contribution in [0.4, 0.5) is 11.4 Å². The number of carbonyl (C=O) groups is 2. The van der Waals surface area contributed by atoms with Crippen molar-refractivity contribution in [3.63, 3.8) is 0 Å². The van der Waals surface area contributed by atoms with Crippen molar-refractivity contribution in [2.45, 2.75) is 32.6 Å². The molecule has 8 nitrogen and oxygen atoms in total. The number of hydrogen-bond donors (Lipinski definition) is 3. The Hall–Kier alpha value is -2.94. The molecule has 1 aliphatic rings. The van der Waals surface area contributed by atoms with Crippen LogP contribution >= 0.6 is 11.3 Å². The van der Waals surface area contributed by atoms with Gasteiger partial charge in [0.1, 0.15) is 5.69 Å². The number of nitrogens with zero attached hydrogens (tertiary/aromatic N) is 1. The lowest BCUT2D eigenvalue weighted by molar-refractivity contribution is -0.384. The summed E-state index contributed by atoms with van der Waals surface area (Å²) in [4.78, 5) is 37.0. The van der Waals surface area contributed by atoms with Gasteiger partial charge in [-0.25, -0.2) is 0 Å². The summed E-state index contributed by atoms with van der Waals surface area (Å²) in [6.07, 6.45) is 4.25. The first-order chi connectivity index (χ1) is 13.4. The van der Waals surface area contributed by atoms with Crippen molar-refractivity contribution in [2.24, 2.45) is 5.92 Å². The smallest absolute Gasteiger partial charge is 0.293 e. The number of fused-ring (bicyclic) bond motifs is 1. The Kier molecular flexibility index (Phi) is 5.93. The summed E-state index contributed by atoms with van der Waals surface area (Å²) in [6, 6.07) is 5.97. The molecule has 2 amide bonds. The van der Waals surface area contributed by atoms with Crippen molar-refractivity contribution in [3.8, 4) is 0 Å². The van der Waals surface area contributed by atoms with Crippen LogP contribution in [0.25, 0.3) is 0 Å². The maximum Gasteiger partial charge on any atom is 0.293 e. The molecule has 148 valence electrons. The Balaban J connectivity index is 1.65. The van der Waals surface area contributed by atoms with Gasteiger partial charge in [0.25, 0.3) is 17.5 Å². The third-order valence-electron chi connectivity index (χ3n) is 5.00. The van der Waals surface area contributed by atoms with E-state index in [0.717, 1.165) is 25.7 Å². The molecule has 0 bridgehead atoms.